The third-order valence-electron chi connectivity index (χ3n) is 3.65. The molecule has 0 aliphatic carbocycles. The van der Waals surface area contributed by atoms with Gasteiger partial charge in [-0.05, 0) is 30.5 Å². The van der Waals surface area contributed by atoms with Gasteiger partial charge in [-0.3, -0.25) is 4.21 Å². The van der Waals surface area contributed by atoms with Gasteiger partial charge < -0.3 is 15.0 Å². The fourth-order valence-corrected chi connectivity index (χ4v) is 3.17. The second-order valence-electron chi connectivity index (χ2n) is 5.96. The van der Waals surface area contributed by atoms with Crippen molar-refractivity contribution in [2.24, 2.45) is 5.92 Å². The summed E-state index contributed by atoms with van der Waals surface area (Å²) in [6.45, 7) is 6.05. The molecular weight excluding hydrogens is 300 g/mol. The van der Waals surface area contributed by atoms with Gasteiger partial charge in [-0.2, -0.15) is 0 Å². The van der Waals surface area contributed by atoms with Gasteiger partial charge in [0.2, 0.25) is 0 Å². The van der Waals surface area contributed by atoms with Crippen LogP contribution in [0.4, 0.5) is 10.5 Å². The summed E-state index contributed by atoms with van der Waals surface area (Å²) in [5.41, 5.74) is 0.674. The van der Waals surface area contributed by atoms with Crippen LogP contribution in [0.1, 0.15) is 20.3 Å². The van der Waals surface area contributed by atoms with E-state index in [0.29, 0.717) is 36.3 Å². The van der Waals surface area contributed by atoms with E-state index in [9.17, 15) is 9.00 Å². The van der Waals surface area contributed by atoms with E-state index in [1.54, 1.807) is 24.5 Å². The smallest absolute Gasteiger partial charge is 0.322 e. The largest absolute Gasteiger partial charge is 0.377 e. The number of nitrogens with one attached hydrogen (secondary N) is 1. The summed E-state index contributed by atoms with van der Waals surface area (Å²) < 4.78 is 17.0. The third kappa shape index (κ3) is 4.55. The van der Waals surface area contributed by atoms with Crippen LogP contribution in [0, 0.1) is 5.92 Å². The molecule has 1 heterocycles. The van der Waals surface area contributed by atoms with Gasteiger partial charge in [0.1, 0.15) is 0 Å². The molecule has 2 rings (SSSR count). The van der Waals surface area contributed by atoms with Gasteiger partial charge in [0.05, 0.1) is 19.3 Å². The number of nitrogens with zero attached hydrogens (tertiary/aromatic N) is 1. The first kappa shape index (κ1) is 17.0. The minimum atomic E-state index is -1.06. The number of ether oxygens (including phenoxy) is 1. The minimum absolute atomic E-state index is 0.109. The molecule has 1 aliphatic heterocycles. The molecule has 1 aromatic rings. The Balaban J connectivity index is 2.06. The van der Waals surface area contributed by atoms with Gasteiger partial charge in [-0.25, -0.2) is 4.79 Å². The van der Waals surface area contributed by atoms with Crippen LogP contribution in [-0.2, 0) is 15.5 Å². The van der Waals surface area contributed by atoms with Crippen molar-refractivity contribution >= 4 is 22.5 Å². The van der Waals surface area contributed by atoms with Gasteiger partial charge >= 0.3 is 6.03 Å². The Labute approximate surface area is 134 Å². The molecule has 0 radical (unpaired) electrons. The highest BCUT2D eigenvalue weighted by Crippen LogP contribution is 2.18. The molecule has 5 nitrogen and oxygen atoms in total. The second kappa shape index (κ2) is 7.74. The number of carbonyl (C=O) groups is 1. The van der Waals surface area contributed by atoms with Crippen molar-refractivity contribution in [3.05, 3.63) is 24.3 Å². The number of amides is 2. The third-order valence-corrected chi connectivity index (χ3v) is 4.57. The number of morpholine rings is 1. The van der Waals surface area contributed by atoms with Crippen LogP contribution in [0.5, 0.6) is 0 Å². The van der Waals surface area contributed by atoms with Gasteiger partial charge in [0.25, 0.3) is 0 Å². The molecule has 1 fully saturated rings. The molecule has 1 saturated heterocycles. The number of urea groups is 1. The first-order valence-corrected chi connectivity index (χ1v) is 9.12. The minimum Gasteiger partial charge on any atom is -0.377 e. The number of hydrogen-bond donors (Lipinski definition) is 1. The lowest BCUT2D eigenvalue weighted by atomic mass is 10.0. The molecule has 1 aromatic carbocycles. The van der Waals surface area contributed by atoms with Crippen LogP contribution < -0.4 is 5.32 Å². The average Bonchev–Trinajstić information content (AvgIpc) is 2.47. The number of carbonyl (C=O) groups excluding carboxylic acids is 1. The number of anilines is 1. The molecule has 0 aromatic heterocycles. The van der Waals surface area contributed by atoms with Crippen LogP contribution in [-0.4, -0.2) is 47.2 Å². The van der Waals surface area contributed by atoms with Crippen molar-refractivity contribution < 1.29 is 13.7 Å². The van der Waals surface area contributed by atoms with Crippen molar-refractivity contribution in [2.75, 3.05) is 31.3 Å². The molecule has 122 valence electrons. The monoisotopic (exact) mass is 324 g/mol. The zero-order valence-electron chi connectivity index (χ0n) is 13.4. The number of benzene rings is 1. The molecule has 1 aliphatic rings. The highest BCUT2D eigenvalue weighted by molar-refractivity contribution is 7.84. The van der Waals surface area contributed by atoms with Crippen molar-refractivity contribution in [3.8, 4) is 0 Å². The van der Waals surface area contributed by atoms with Gasteiger partial charge in [0.15, 0.2) is 0 Å². The SMILES string of the molecule is CC(C)C[C@H]1COCCN1C(=O)Nc1cccc([S@@](C)=O)c1. The fraction of sp³-hybridized carbons (Fsp3) is 0.562. The molecule has 2 atom stereocenters. The van der Waals surface area contributed by atoms with Crippen LogP contribution in [0.3, 0.4) is 0 Å². The van der Waals surface area contributed by atoms with E-state index in [1.807, 2.05) is 11.0 Å². The lowest BCUT2D eigenvalue weighted by molar-refractivity contribution is 0.00857. The molecule has 0 spiro atoms. The fourth-order valence-electron chi connectivity index (χ4n) is 2.61. The Hall–Kier alpha value is -1.40. The maximum absolute atomic E-state index is 12.5. The molecule has 0 bridgehead atoms. The Morgan fingerprint density at radius 1 is 1.50 bits per heavy atom. The molecule has 2 amide bonds. The molecular formula is C16H24N2O3S. The number of rotatable bonds is 4. The normalized spacial score (nSPS) is 20.0. The lowest BCUT2D eigenvalue weighted by Crippen LogP contribution is -2.50. The maximum Gasteiger partial charge on any atom is 0.322 e. The van der Waals surface area contributed by atoms with Crippen LogP contribution in [0.15, 0.2) is 29.2 Å². The highest BCUT2D eigenvalue weighted by atomic mass is 32.2. The zero-order chi connectivity index (χ0) is 16.1. The van der Waals surface area contributed by atoms with Gasteiger partial charge in [0, 0.05) is 34.2 Å². The second-order valence-corrected chi connectivity index (χ2v) is 7.34. The molecule has 0 saturated carbocycles. The van der Waals surface area contributed by atoms with E-state index in [-0.39, 0.29) is 12.1 Å². The predicted octanol–water partition coefficient (Wildman–Crippen LogP) is 2.70. The lowest BCUT2D eigenvalue weighted by Gasteiger charge is -2.36. The summed E-state index contributed by atoms with van der Waals surface area (Å²) in [6, 6.07) is 7.16. The van der Waals surface area contributed by atoms with Crippen molar-refractivity contribution in [1.29, 1.82) is 0 Å². The van der Waals surface area contributed by atoms with Crippen molar-refractivity contribution in [2.45, 2.75) is 31.2 Å². The van der Waals surface area contributed by atoms with E-state index in [2.05, 4.69) is 19.2 Å². The van der Waals surface area contributed by atoms with E-state index in [0.717, 1.165) is 6.42 Å². The topological polar surface area (TPSA) is 58.6 Å². The number of hydrogen-bond acceptors (Lipinski definition) is 3. The van der Waals surface area contributed by atoms with E-state index >= 15 is 0 Å². The Morgan fingerprint density at radius 3 is 2.95 bits per heavy atom. The Bertz CT molecular complexity index is 548. The predicted molar refractivity (Wildman–Crippen MR) is 88.6 cm³/mol. The van der Waals surface area contributed by atoms with E-state index in [1.165, 1.54) is 0 Å². The van der Waals surface area contributed by atoms with Crippen molar-refractivity contribution in [3.63, 3.8) is 0 Å². The highest BCUT2D eigenvalue weighted by Gasteiger charge is 2.27. The van der Waals surface area contributed by atoms with Crippen LogP contribution in [0.25, 0.3) is 0 Å². The quantitative estimate of drug-likeness (QED) is 0.926. The van der Waals surface area contributed by atoms with Crippen LogP contribution >= 0.6 is 0 Å². The summed E-state index contributed by atoms with van der Waals surface area (Å²) in [7, 11) is -1.06. The molecule has 0 unspecified atom stereocenters. The molecule has 6 heteroatoms. The summed E-state index contributed by atoms with van der Waals surface area (Å²) in [4.78, 5) is 15.1. The summed E-state index contributed by atoms with van der Waals surface area (Å²) in [6.07, 6.45) is 2.55. The first-order valence-electron chi connectivity index (χ1n) is 7.56. The standard InChI is InChI=1S/C16H24N2O3S/c1-12(2)9-14-11-21-8-7-18(14)16(19)17-13-5-4-6-15(10-13)22(3)20/h4-6,10,12,14H,7-9,11H2,1-3H3,(H,17,19)/t14-,22+/m0/s1. The first-order chi connectivity index (χ1) is 10.5. The van der Waals surface area contributed by atoms with Gasteiger partial charge in [-0.15, -0.1) is 0 Å². The Kier molecular flexibility index (Phi) is 5.97. The van der Waals surface area contributed by atoms with E-state index < -0.39 is 10.8 Å². The van der Waals surface area contributed by atoms with E-state index in [4.69, 9.17) is 4.74 Å². The van der Waals surface area contributed by atoms with Crippen LogP contribution in [0.2, 0.25) is 0 Å². The van der Waals surface area contributed by atoms with Crippen molar-refractivity contribution in [1.82, 2.24) is 4.90 Å². The van der Waals surface area contributed by atoms with Gasteiger partial charge in [-0.1, -0.05) is 19.9 Å². The average molecular weight is 324 g/mol. The maximum atomic E-state index is 12.5. The summed E-state index contributed by atoms with van der Waals surface area (Å²) in [5, 5.41) is 2.91. The summed E-state index contributed by atoms with van der Waals surface area (Å²) >= 11 is 0. The molecule has 1 N–H and O–H groups in total. The Morgan fingerprint density at radius 2 is 2.27 bits per heavy atom. The zero-order valence-corrected chi connectivity index (χ0v) is 14.2. The summed E-state index contributed by atoms with van der Waals surface area (Å²) in [5.74, 6) is 0.507. The molecule has 22 heavy (non-hydrogen) atoms.